The van der Waals surface area contributed by atoms with Gasteiger partial charge in [-0.3, -0.25) is 4.98 Å². The third-order valence-electron chi connectivity index (χ3n) is 7.01. The molecule has 0 spiro atoms. The Bertz CT molecular complexity index is 1120. The second-order valence-corrected chi connectivity index (χ2v) is 9.36. The van der Waals surface area contributed by atoms with E-state index in [-0.39, 0.29) is 17.8 Å². The number of aromatic hydroxyl groups is 1. The summed E-state index contributed by atoms with van der Waals surface area (Å²) in [5.74, 6) is 0.284. The normalized spacial score (nSPS) is 21.7. The Kier molecular flexibility index (Phi) is 5.64. The molecule has 2 fully saturated rings. The van der Waals surface area contributed by atoms with Crippen molar-refractivity contribution in [3.05, 3.63) is 77.4 Å². The lowest BCUT2D eigenvalue weighted by atomic mass is 9.90. The highest BCUT2D eigenvalue weighted by atomic mass is 32.1. The number of aryl methyl sites for hydroxylation is 1. The zero-order chi connectivity index (χ0) is 22.2. The van der Waals surface area contributed by atoms with Gasteiger partial charge in [-0.05, 0) is 74.8 Å². The van der Waals surface area contributed by atoms with Crippen LogP contribution in [-0.2, 0) is 0 Å². The number of benzene rings is 1. The summed E-state index contributed by atoms with van der Waals surface area (Å²) in [6.07, 6.45) is 8.01. The number of para-hydroxylation sites is 2. The molecule has 2 atom stereocenters. The lowest BCUT2D eigenvalue weighted by Gasteiger charge is -2.37. The molecule has 32 heavy (non-hydrogen) atoms. The predicted octanol–water partition coefficient (Wildman–Crippen LogP) is 5.50. The third kappa shape index (κ3) is 3.56. The van der Waals surface area contributed by atoms with Crippen LogP contribution >= 0.6 is 12.2 Å². The van der Waals surface area contributed by atoms with Gasteiger partial charge < -0.3 is 19.9 Å². The molecule has 1 saturated heterocycles. The Morgan fingerprint density at radius 1 is 1.03 bits per heavy atom. The topological polar surface area (TPSA) is 53.3 Å². The number of nitrogens with zero attached hydrogens (tertiary/aromatic N) is 3. The van der Waals surface area contributed by atoms with Gasteiger partial charge in [0.25, 0.3) is 0 Å². The quantitative estimate of drug-likeness (QED) is 0.518. The fraction of sp³-hybridized carbons (Fsp3) is 0.385. The Hall–Kier alpha value is -2.86. The summed E-state index contributed by atoms with van der Waals surface area (Å²) in [5.41, 5.74) is 5.27. The van der Waals surface area contributed by atoms with Crippen LogP contribution in [0.5, 0.6) is 5.75 Å². The number of nitrogens with one attached hydrogen (secondary N) is 1. The van der Waals surface area contributed by atoms with Crippen LogP contribution < -0.4 is 5.32 Å². The Balaban J connectivity index is 1.64. The first-order chi connectivity index (χ1) is 15.6. The first-order valence-corrected chi connectivity index (χ1v) is 11.9. The van der Waals surface area contributed by atoms with Crippen LogP contribution in [0.1, 0.15) is 66.8 Å². The summed E-state index contributed by atoms with van der Waals surface area (Å²) < 4.78 is 2.15. The van der Waals surface area contributed by atoms with Crippen LogP contribution in [0.3, 0.4) is 0 Å². The Morgan fingerprint density at radius 2 is 1.78 bits per heavy atom. The summed E-state index contributed by atoms with van der Waals surface area (Å²) in [7, 11) is 0. The van der Waals surface area contributed by atoms with Crippen molar-refractivity contribution in [1.82, 2.24) is 19.8 Å². The van der Waals surface area contributed by atoms with Crippen molar-refractivity contribution in [2.24, 2.45) is 0 Å². The maximum absolute atomic E-state index is 10.5. The molecule has 6 heteroatoms. The number of hydrogen-bond acceptors (Lipinski definition) is 3. The van der Waals surface area contributed by atoms with E-state index in [0.717, 1.165) is 27.9 Å². The van der Waals surface area contributed by atoms with Crippen LogP contribution in [0.4, 0.5) is 0 Å². The van der Waals surface area contributed by atoms with E-state index in [4.69, 9.17) is 12.2 Å². The predicted molar refractivity (Wildman–Crippen MR) is 131 cm³/mol. The van der Waals surface area contributed by atoms with Gasteiger partial charge in [-0.25, -0.2) is 0 Å². The van der Waals surface area contributed by atoms with Crippen molar-refractivity contribution >= 4 is 17.3 Å². The van der Waals surface area contributed by atoms with Crippen molar-refractivity contribution in [2.75, 3.05) is 0 Å². The molecule has 5 nitrogen and oxygen atoms in total. The van der Waals surface area contributed by atoms with Crippen LogP contribution in [-0.4, -0.2) is 30.7 Å². The molecule has 0 bridgehead atoms. The number of thiocarbonyl (C=S) groups is 1. The van der Waals surface area contributed by atoms with E-state index in [1.54, 1.807) is 6.07 Å². The van der Waals surface area contributed by atoms with Gasteiger partial charge >= 0.3 is 0 Å². The second-order valence-electron chi connectivity index (χ2n) is 8.98. The Morgan fingerprint density at radius 3 is 2.50 bits per heavy atom. The lowest BCUT2D eigenvalue weighted by molar-refractivity contribution is 0.197. The van der Waals surface area contributed by atoms with E-state index in [1.807, 2.05) is 36.5 Å². The molecule has 166 valence electrons. The molecule has 5 rings (SSSR count). The van der Waals surface area contributed by atoms with E-state index in [0.29, 0.717) is 6.04 Å². The van der Waals surface area contributed by atoms with Crippen molar-refractivity contribution in [1.29, 1.82) is 0 Å². The van der Waals surface area contributed by atoms with Crippen molar-refractivity contribution < 1.29 is 5.11 Å². The molecular weight excluding hydrogens is 416 g/mol. The number of phenolic OH excluding ortho intramolecular Hbond substituents is 1. The zero-order valence-corrected chi connectivity index (χ0v) is 19.5. The summed E-state index contributed by atoms with van der Waals surface area (Å²) in [6, 6.07) is 16.4. The van der Waals surface area contributed by atoms with Gasteiger partial charge in [0.05, 0.1) is 23.5 Å². The zero-order valence-electron chi connectivity index (χ0n) is 18.7. The standard InChI is InChI=1S/C26H30N4OS/c1-17-16-20(18(2)29(17)22-13-6-7-14-23(22)31)25-24(21-12-8-9-15-27-21)28-26(32)30(25)19-10-4-3-5-11-19/h6-9,12-16,19,24-25,31H,3-5,10-11H2,1-2H3,(H,28,32)/t24-,25-/m0/s1. The first kappa shape index (κ1) is 21.0. The minimum atomic E-state index is -0.0102. The molecule has 0 radical (unpaired) electrons. The first-order valence-electron chi connectivity index (χ1n) is 11.5. The maximum Gasteiger partial charge on any atom is 0.170 e. The van der Waals surface area contributed by atoms with Gasteiger partial charge in [-0.1, -0.05) is 37.5 Å². The average Bonchev–Trinajstić information content (AvgIpc) is 3.31. The van der Waals surface area contributed by atoms with E-state index in [9.17, 15) is 5.11 Å². The number of rotatable bonds is 4. The molecule has 2 aromatic heterocycles. The fourth-order valence-electron chi connectivity index (χ4n) is 5.56. The average molecular weight is 447 g/mol. The molecular formula is C26H30N4OS. The van der Waals surface area contributed by atoms with E-state index in [1.165, 1.54) is 37.7 Å². The van der Waals surface area contributed by atoms with Crippen molar-refractivity contribution in [3.8, 4) is 11.4 Å². The van der Waals surface area contributed by atoms with Crippen molar-refractivity contribution in [2.45, 2.75) is 64.1 Å². The number of phenols is 1. The van der Waals surface area contributed by atoms with E-state index < -0.39 is 0 Å². The minimum Gasteiger partial charge on any atom is -0.506 e. The molecule has 1 aliphatic heterocycles. The molecule has 3 aromatic rings. The third-order valence-corrected chi connectivity index (χ3v) is 7.34. The van der Waals surface area contributed by atoms with E-state index >= 15 is 0 Å². The van der Waals surface area contributed by atoms with Gasteiger partial charge in [0.1, 0.15) is 5.75 Å². The van der Waals surface area contributed by atoms with Crippen LogP contribution in [0.15, 0.2) is 54.7 Å². The lowest BCUT2D eigenvalue weighted by Crippen LogP contribution is -2.40. The van der Waals surface area contributed by atoms with Gasteiger partial charge in [0.2, 0.25) is 0 Å². The SMILES string of the molecule is Cc1cc([C@H]2[C@H](c3ccccn3)NC(=S)N2C2CCCCC2)c(C)n1-c1ccccc1O. The molecule has 1 aliphatic carbocycles. The highest BCUT2D eigenvalue weighted by Gasteiger charge is 2.44. The molecule has 2 N–H and O–H groups in total. The summed E-state index contributed by atoms with van der Waals surface area (Å²) >= 11 is 5.91. The van der Waals surface area contributed by atoms with Gasteiger partial charge in [-0.15, -0.1) is 0 Å². The van der Waals surface area contributed by atoms with Crippen LogP contribution in [0.25, 0.3) is 5.69 Å². The molecule has 1 saturated carbocycles. The number of pyridine rings is 1. The summed E-state index contributed by atoms with van der Waals surface area (Å²) in [6.45, 7) is 4.25. The monoisotopic (exact) mass is 446 g/mol. The molecule has 3 heterocycles. The largest absolute Gasteiger partial charge is 0.506 e. The van der Waals surface area contributed by atoms with Crippen LogP contribution in [0, 0.1) is 13.8 Å². The van der Waals surface area contributed by atoms with Crippen molar-refractivity contribution in [3.63, 3.8) is 0 Å². The fourth-order valence-corrected chi connectivity index (χ4v) is 5.95. The summed E-state index contributed by atoms with van der Waals surface area (Å²) in [4.78, 5) is 7.14. The highest BCUT2D eigenvalue weighted by Crippen LogP contribution is 2.44. The molecule has 1 aromatic carbocycles. The molecule has 2 aliphatic rings. The summed E-state index contributed by atoms with van der Waals surface area (Å²) in [5, 5.41) is 15.0. The van der Waals surface area contributed by atoms with E-state index in [2.05, 4.69) is 45.7 Å². The van der Waals surface area contributed by atoms with Gasteiger partial charge in [0.15, 0.2) is 5.11 Å². The number of aromatic nitrogens is 2. The maximum atomic E-state index is 10.5. The second kappa shape index (κ2) is 8.58. The van der Waals surface area contributed by atoms with Gasteiger partial charge in [0, 0.05) is 23.6 Å². The molecule has 0 amide bonds. The van der Waals surface area contributed by atoms with Crippen LogP contribution in [0.2, 0.25) is 0 Å². The molecule has 0 unspecified atom stereocenters. The minimum absolute atomic E-state index is 0.0102. The number of hydrogen-bond donors (Lipinski definition) is 2. The smallest absolute Gasteiger partial charge is 0.170 e. The van der Waals surface area contributed by atoms with Gasteiger partial charge in [-0.2, -0.15) is 0 Å². The Labute approximate surface area is 195 Å². The highest BCUT2D eigenvalue weighted by molar-refractivity contribution is 7.80.